The molecule has 0 N–H and O–H groups in total. The van der Waals surface area contributed by atoms with E-state index >= 15 is 0 Å². The van der Waals surface area contributed by atoms with Crippen LogP contribution < -0.4 is 0 Å². The Morgan fingerprint density at radius 2 is 1.93 bits per heavy atom. The fraction of sp³-hybridized carbons (Fsp3) is 0.650. The number of aryl methyl sites for hydroxylation is 1. The molecule has 2 aliphatic heterocycles. The van der Waals surface area contributed by atoms with Crippen molar-refractivity contribution in [2.24, 2.45) is 0 Å². The van der Waals surface area contributed by atoms with Gasteiger partial charge in [0.15, 0.2) is 0 Å². The molecule has 3 rings (SSSR count). The zero-order valence-electron chi connectivity index (χ0n) is 16.8. The Balaban J connectivity index is 1.67. The smallest absolute Gasteiger partial charge is 0.243 e. The Morgan fingerprint density at radius 3 is 2.61 bits per heavy atom. The highest BCUT2D eigenvalue weighted by molar-refractivity contribution is 7.89. The van der Waals surface area contributed by atoms with Crippen LogP contribution in [0.25, 0.3) is 0 Å². The second kappa shape index (κ2) is 9.35. The summed E-state index contributed by atoms with van der Waals surface area (Å²) in [6.45, 7) is 8.99. The summed E-state index contributed by atoms with van der Waals surface area (Å²) in [5.74, 6) is 0.00599. The molecule has 28 heavy (non-hydrogen) atoms. The number of hydrogen-bond donors (Lipinski definition) is 0. The van der Waals surface area contributed by atoms with E-state index in [0.717, 1.165) is 38.4 Å². The van der Waals surface area contributed by atoms with E-state index in [1.807, 2.05) is 24.0 Å². The molecule has 2 saturated heterocycles. The van der Waals surface area contributed by atoms with E-state index in [4.69, 9.17) is 4.74 Å². The second-order valence-electron chi connectivity index (χ2n) is 7.43. The van der Waals surface area contributed by atoms with E-state index in [1.165, 1.54) is 4.31 Å². The van der Waals surface area contributed by atoms with Crippen LogP contribution in [0.1, 0.15) is 25.8 Å². The maximum atomic E-state index is 13.2. The van der Waals surface area contributed by atoms with Crippen molar-refractivity contribution in [3.05, 3.63) is 29.8 Å². The van der Waals surface area contributed by atoms with Crippen LogP contribution in [0.5, 0.6) is 0 Å². The van der Waals surface area contributed by atoms with Gasteiger partial charge in [-0.3, -0.25) is 9.69 Å². The molecule has 0 saturated carbocycles. The molecule has 0 spiro atoms. The zero-order chi connectivity index (χ0) is 20.1. The Bertz CT molecular complexity index is 777. The number of nitrogens with zero attached hydrogens (tertiary/aromatic N) is 3. The molecule has 0 aliphatic carbocycles. The van der Waals surface area contributed by atoms with Gasteiger partial charge in [-0.05, 0) is 24.5 Å². The molecule has 1 aromatic rings. The van der Waals surface area contributed by atoms with Gasteiger partial charge in [-0.15, -0.1) is 0 Å². The highest BCUT2D eigenvalue weighted by Crippen LogP contribution is 2.26. The predicted octanol–water partition coefficient (Wildman–Crippen LogP) is 1.19. The Labute approximate surface area is 168 Å². The first-order valence-electron chi connectivity index (χ1n) is 10.1. The van der Waals surface area contributed by atoms with Crippen LogP contribution in [0.15, 0.2) is 29.2 Å². The van der Waals surface area contributed by atoms with Crippen molar-refractivity contribution in [3.8, 4) is 0 Å². The van der Waals surface area contributed by atoms with Crippen LogP contribution in [-0.2, 0) is 26.0 Å². The van der Waals surface area contributed by atoms with Gasteiger partial charge in [-0.1, -0.05) is 25.1 Å². The maximum absolute atomic E-state index is 13.2. The molecule has 8 heteroatoms. The van der Waals surface area contributed by atoms with Gasteiger partial charge >= 0.3 is 0 Å². The third-order valence-electron chi connectivity index (χ3n) is 5.70. The predicted molar refractivity (Wildman–Crippen MR) is 108 cm³/mol. The Hall–Kier alpha value is -1.48. The van der Waals surface area contributed by atoms with E-state index < -0.39 is 10.0 Å². The first-order chi connectivity index (χ1) is 13.4. The third-order valence-corrected chi connectivity index (χ3v) is 7.67. The molecule has 2 fully saturated rings. The van der Waals surface area contributed by atoms with Crippen LogP contribution in [0.4, 0.5) is 0 Å². The van der Waals surface area contributed by atoms with Gasteiger partial charge in [-0.2, -0.15) is 4.31 Å². The van der Waals surface area contributed by atoms with Crippen molar-refractivity contribution in [1.29, 1.82) is 0 Å². The molecule has 7 nitrogen and oxygen atoms in total. The lowest BCUT2D eigenvalue weighted by Gasteiger charge is -2.32. The molecule has 156 valence electrons. The number of sulfonamides is 1. The molecule has 1 atom stereocenters. The minimum Gasteiger partial charge on any atom is -0.379 e. The molecule has 2 aliphatic rings. The molecule has 1 aromatic carbocycles. The van der Waals surface area contributed by atoms with Crippen molar-refractivity contribution in [1.82, 2.24) is 14.1 Å². The van der Waals surface area contributed by atoms with Crippen molar-refractivity contribution >= 4 is 15.9 Å². The van der Waals surface area contributed by atoms with Gasteiger partial charge in [-0.25, -0.2) is 8.42 Å². The van der Waals surface area contributed by atoms with E-state index in [0.29, 0.717) is 37.4 Å². The summed E-state index contributed by atoms with van der Waals surface area (Å²) in [4.78, 5) is 16.8. The third kappa shape index (κ3) is 4.74. The topological polar surface area (TPSA) is 70.2 Å². The van der Waals surface area contributed by atoms with Crippen LogP contribution in [0.2, 0.25) is 0 Å². The molecule has 1 amide bonds. The maximum Gasteiger partial charge on any atom is 0.243 e. The molecule has 0 aromatic heterocycles. The van der Waals surface area contributed by atoms with Gasteiger partial charge in [0.2, 0.25) is 15.9 Å². The fourth-order valence-electron chi connectivity index (χ4n) is 4.04. The minimum absolute atomic E-state index is 0.00599. The summed E-state index contributed by atoms with van der Waals surface area (Å²) < 4.78 is 33.2. The number of rotatable bonds is 7. The minimum atomic E-state index is -3.54. The number of carbonyl (C=O) groups is 1. The number of ether oxygens (including phenoxy) is 1. The highest BCUT2D eigenvalue weighted by atomic mass is 32.2. The summed E-state index contributed by atoms with van der Waals surface area (Å²) >= 11 is 0. The van der Waals surface area contributed by atoms with Gasteiger partial charge < -0.3 is 9.64 Å². The molecule has 1 unspecified atom stereocenters. The lowest BCUT2D eigenvalue weighted by molar-refractivity contribution is -0.131. The fourth-order valence-corrected chi connectivity index (χ4v) is 5.83. The SMILES string of the molecule is CCc1ccccc1S(=O)(=O)N1CCC(N(CCN2CCOCC2)C(C)=O)C1. The normalized spacial score (nSPS) is 21.7. The van der Waals surface area contributed by atoms with Crippen molar-refractivity contribution in [3.63, 3.8) is 0 Å². The van der Waals surface area contributed by atoms with Crippen LogP contribution in [0.3, 0.4) is 0 Å². The number of amides is 1. The number of benzene rings is 1. The second-order valence-corrected chi connectivity index (χ2v) is 9.34. The Morgan fingerprint density at radius 1 is 1.21 bits per heavy atom. The first-order valence-corrected chi connectivity index (χ1v) is 11.5. The molecule has 0 bridgehead atoms. The van der Waals surface area contributed by atoms with Gasteiger partial charge in [0.1, 0.15) is 0 Å². The van der Waals surface area contributed by atoms with E-state index in [-0.39, 0.29) is 11.9 Å². The number of hydrogen-bond acceptors (Lipinski definition) is 5. The number of morpholine rings is 1. The van der Waals surface area contributed by atoms with E-state index in [9.17, 15) is 13.2 Å². The molecular formula is C20H31N3O4S. The summed E-state index contributed by atoms with van der Waals surface area (Å²) in [7, 11) is -3.54. The van der Waals surface area contributed by atoms with Crippen LogP contribution in [0, 0.1) is 0 Å². The first kappa shape index (κ1) is 21.2. The molecule has 2 heterocycles. The Kier molecular flexibility index (Phi) is 7.09. The monoisotopic (exact) mass is 409 g/mol. The number of carbonyl (C=O) groups excluding carboxylic acids is 1. The molecule has 0 radical (unpaired) electrons. The van der Waals surface area contributed by atoms with Crippen LogP contribution in [-0.4, -0.2) is 87.0 Å². The van der Waals surface area contributed by atoms with Crippen molar-refractivity contribution < 1.29 is 17.9 Å². The standard InChI is InChI=1S/C20H31N3O4S/c1-3-18-6-4-5-7-20(18)28(25,26)22-9-8-19(16-22)23(17(2)24)11-10-21-12-14-27-15-13-21/h4-7,19H,3,8-16H2,1-2H3. The van der Waals surface area contributed by atoms with Gasteiger partial charge in [0, 0.05) is 52.2 Å². The lowest BCUT2D eigenvalue weighted by atomic mass is 10.2. The quantitative estimate of drug-likeness (QED) is 0.677. The summed E-state index contributed by atoms with van der Waals surface area (Å²) in [6, 6.07) is 7.12. The summed E-state index contributed by atoms with van der Waals surface area (Å²) in [5.41, 5.74) is 0.835. The van der Waals surface area contributed by atoms with Gasteiger partial charge in [0.05, 0.1) is 18.1 Å². The van der Waals surface area contributed by atoms with Crippen molar-refractivity contribution in [2.45, 2.75) is 37.6 Å². The summed E-state index contributed by atoms with van der Waals surface area (Å²) in [6.07, 6.45) is 1.35. The lowest BCUT2D eigenvalue weighted by Crippen LogP contribution is -2.47. The average molecular weight is 410 g/mol. The van der Waals surface area contributed by atoms with E-state index in [1.54, 1.807) is 19.1 Å². The zero-order valence-corrected chi connectivity index (χ0v) is 17.7. The van der Waals surface area contributed by atoms with E-state index in [2.05, 4.69) is 4.90 Å². The summed E-state index contributed by atoms with van der Waals surface area (Å²) in [5, 5.41) is 0. The molecular weight excluding hydrogens is 378 g/mol. The average Bonchev–Trinajstić information content (AvgIpc) is 3.19. The van der Waals surface area contributed by atoms with Crippen LogP contribution >= 0.6 is 0 Å². The van der Waals surface area contributed by atoms with Crippen molar-refractivity contribution in [2.75, 3.05) is 52.5 Å². The van der Waals surface area contributed by atoms with Gasteiger partial charge in [0.25, 0.3) is 0 Å². The highest BCUT2D eigenvalue weighted by Gasteiger charge is 2.36. The largest absolute Gasteiger partial charge is 0.379 e.